The van der Waals surface area contributed by atoms with Crippen LogP contribution in [0.1, 0.15) is 22.3 Å². The van der Waals surface area contributed by atoms with E-state index < -0.39 is 6.10 Å². The highest BCUT2D eigenvalue weighted by Crippen LogP contribution is 2.25. The molecule has 5 nitrogen and oxygen atoms in total. The number of amides is 2. The Bertz CT molecular complexity index is 527. The number of carbonyl (C=O) groups is 2. The lowest BCUT2D eigenvalue weighted by molar-refractivity contribution is -0.115. The van der Waals surface area contributed by atoms with Gasteiger partial charge in [-0.15, -0.1) is 0 Å². The van der Waals surface area contributed by atoms with Crippen molar-refractivity contribution in [3.05, 3.63) is 29.3 Å². The largest absolute Gasteiger partial charge is 0.391 e. The van der Waals surface area contributed by atoms with Crippen LogP contribution in [-0.4, -0.2) is 41.0 Å². The number of benzene rings is 1. The molecule has 0 aliphatic carbocycles. The number of fused-ring (bicyclic) bond motifs is 1. The van der Waals surface area contributed by atoms with Gasteiger partial charge in [0.05, 0.1) is 12.5 Å². The van der Waals surface area contributed by atoms with Crippen molar-refractivity contribution in [3.8, 4) is 0 Å². The Labute approximate surface area is 104 Å². The van der Waals surface area contributed by atoms with Crippen LogP contribution in [-0.2, 0) is 11.2 Å². The number of aliphatic hydroxyl groups is 1. The number of rotatable bonds is 1. The van der Waals surface area contributed by atoms with Crippen LogP contribution in [0.3, 0.4) is 0 Å². The molecule has 1 fully saturated rings. The van der Waals surface area contributed by atoms with Gasteiger partial charge in [-0.05, 0) is 24.1 Å². The number of hydrogen-bond donors (Lipinski definition) is 2. The lowest BCUT2D eigenvalue weighted by atomic mass is 10.1. The van der Waals surface area contributed by atoms with Gasteiger partial charge in [0.2, 0.25) is 5.91 Å². The van der Waals surface area contributed by atoms with Gasteiger partial charge in [-0.3, -0.25) is 9.59 Å². The van der Waals surface area contributed by atoms with Crippen molar-refractivity contribution in [2.24, 2.45) is 0 Å². The highest BCUT2D eigenvalue weighted by atomic mass is 16.3. The Hall–Kier alpha value is -1.88. The van der Waals surface area contributed by atoms with Gasteiger partial charge >= 0.3 is 0 Å². The van der Waals surface area contributed by atoms with Gasteiger partial charge in [-0.2, -0.15) is 0 Å². The highest BCUT2D eigenvalue weighted by Gasteiger charge is 2.26. The summed E-state index contributed by atoms with van der Waals surface area (Å²) in [6, 6.07) is 5.27. The molecule has 94 valence electrons. The molecule has 2 amide bonds. The summed E-state index contributed by atoms with van der Waals surface area (Å²) < 4.78 is 0. The summed E-state index contributed by atoms with van der Waals surface area (Å²) in [6.07, 6.45) is 0.600. The predicted octanol–water partition coefficient (Wildman–Crippen LogP) is 0.388. The van der Waals surface area contributed by atoms with E-state index in [0.29, 0.717) is 31.5 Å². The van der Waals surface area contributed by atoms with Gasteiger partial charge in [0, 0.05) is 24.3 Å². The number of likely N-dealkylation sites (tertiary alicyclic amines) is 1. The van der Waals surface area contributed by atoms with E-state index in [2.05, 4.69) is 5.32 Å². The minimum atomic E-state index is -0.414. The molecule has 1 aromatic carbocycles. The molecule has 2 aliphatic rings. The first-order chi connectivity index (χ1) is 8.63. The molecule has 5 heteroatoms. The molecule has 2 aliphatic heterocycles. The smallest absolute Gasteiger partial charge is 0.254 e. The molecular formula is C13H14N2O3. The van der Waals surface area contributed by atoms with E-state index >= 15 is 0 Å². The summed E-state index contributed by atoms with van der Waals surface area (Å²) in [5, 5.41) is 12.2. The van der Waals surface area contributed by atoms with Crippen molar-refractivity contribution in [3.63, 3.8) is 0 Å². The fourth-order valence-corrected chi connectivity index (χ4v) is 2.46. The first-order valence-corrected chi connectivity index (χ1v) is 6.03. The first-order valence-electron chi connectivity index (χ1n) is 6.03. The standard InChI is InChI=1S/C13H14N2O3/c16-10-3-4-15(7-10)13(18)9-2-1-8-6-12(17)14-11(8)5-9/h1-2,5,10,16H,3-4,6-7H2,(H,14,17)/t10-/m1/s1. The van der Waals surface area contributed by atoms with Gasteiger partial charge in [0.15, 0.2) is 0 Å². The van der Waals surface area contributed by atoms with Crippen molar-refractivity contribution in [2.45, 2.75) is 18.9 Å². The van der Waals surface area contributed by atoms with E-state index in [1.165, 1.54) is 0 Å². The average Bonchev–Trinajstić information content (AvgIpc) is 2.92. The Morgan fingerprint density at radius 1 is 1.44 bits per heavy atom. The molecule has 0 bridgehead atoms. The second kappa shape index (κ2) is 4.10. The summed E-state index contributed by atoms with van der Waals surface area (Å²) in [6.45, 7) is 0.978. The molecular weight excluding hydrogens is 232 g/mol. The molecule has 18 heavy (non-hydrogen) atoms. The second-order valence-corrected chi connectivity index (χ2v) is 4.79. The highest BCUT2D eigenvalue weighted by molar-refractivity contribution is 6.02. The third kappa shape index (κ3) is 1.86. The van der Waals surface area contributed by atoms with E-state index in [1.54, 1.807) is 17.0 Å². The van der Waals surface area contributed by atoms with E-state index in [0.717, 1.165) is 11.3 Å². The molecule has 0 spiro atoms. The van der Waals surface area contributed by atoms with Crippen LogP contribution >= 0.6 is 0 Å². The molecule has 2 heterocycles. The van der Waals surface area contributed by atoms with E-state index in [1.807, 2.05) is 6.07 Å². The Morgan fingerprint density at radius 3 is 3.00 bits per heavy atom. The first kappa shape index (κ1) is 11.2. The summed E-state index contributed by atoms with van der Waals surface area (Å²) in [7, 11) is 0. The number of hydrogen-bond acceptors (Lipinski definition) is 3. The number of anilines is 1. The molecule has 1 saturated heterocycles. The van der Waals surface area contributed by atoms with Crippen LogP contribution < -0.4 is 5.32 Å². The van der Waals surface area contributed by atoms with Crippen LogP contribution in [0.2, 0.25) is 0 Å². The fourth-order valence-electron chi connectivity index (χ4n) is 2.46. The topological polar surface area (TPSA) is 69.6 Å². The maximum absolute atomic E-state index is 12.2. The summed E-state index contributed by atoms with van der Waals surface area (Å²) in [4.78, 5) is 25.1. The average molecular weight is 246 g/mol. The minimum Gasteiger partial charge on any atom is -0.391 e. The van der Waals surface area contributed by atoms with E-state index in [4.69, 9.17) is 0 Å². The van der Waals surface area contributed by atoms with E-state index in [-0.39, 0.29) is 11.8 Å². The van der Waals surface area contributed by atoms with Crippen molar-refractivity contribution < 1.29 is 14.7 Å². The maximum Gasteiger partial charge on any atom is 0.254 e. The lowest BCUT2D eigenvalue weighted by Crippen LogP contribution is -2.29. The summed E-state index contributed by atoms with van der Waals surface area (Å²) in [5.41, 5.74) is 2.22. The van der Waals surface area contributed by atoms with Gasteiger partial charge in [-0.25, -0.2) is 0 Å². The number of aliphatic hydroxyl groups excluding tert-OH is 1. The Kier molecular flexibility index (Phi) is 2.56. The van der Waals surface area contributed by atoms with Gasteiger partial charge in [0.25, 0.3) is 5.91 Å². The molecule has 0 saturated carbocycles. The number of nitrogens with one attached hydrogen (secondary N) is 1. The van der Waals surface area contributed by atoms with Crippen LogP contribution in [0.25, 0.3) is 0 Å². The Balaban J connectivity index is 1.83. The van der Waals surface area contributed by atoms with Crippen molar-refractivity contribution >= 4 is 17.5 Å². The van der Waals surface area contributed by atoms with Crippen molar-refractivity contribution in [2.75, 3.05) is 18.4 Å². The van der Waals surface area contributed by atoms with Gasteiger partial charge in [0.1, 0.15) is 0 Å². The molecule has 1 atom stereocenters. The molecule has 0 radical (unpaired) electrons. The van der Waals surface area contributed by atoms with Crippen LogP contribution in [0.5, 0.6) is 0 Å². The Morgan fingerprint density at radius 2 is 2.28 bits per heavy atom. The van der Waals surface area contributed by atoms with Crippen LogP contribution in [0.4, 0.5) is 5.69 Å². The zero-order chi connectivity index (χ0) is 12.7. The quantitative estimate of drug-likeness (QED) is 0.753. The fraction of sp³-hybridized carbons (Fsp3) is 0.385. The van der Waals surface area contributed by atoms with Gasteiger partial charge in [-0.1, -0.05) is 6.07 Å². The van der Waals surface area contributed by atoms with Crippen LogP contribution in [0, 0.1) is 0 Å². The molecule has 1 aromatic rings. The number of β-amino-alcohol motifs (C(OH)–C–C–N with tert-alkyl or cyclic N) is 1. The normalized spacial score (nSPS) is 21.9. The van der Waals surface area contributed by atoms with Crippen molar-refractivity contribution in [1.29, 1.82) is 0 Å². The molecule has 3 rings (SSSR count). The molecule has 0 aromatic heterocycles. The van der Waals surface area contributed by atoms with Crippen LogP contribution in [0.15, 0.2) is 18.2 Å². The molecule has 2 N–H and O–H groups in total. The minimum absolute atomic E-state index is 0.0359. The summed E-state index contributed by atoms with van der Waals surface area (Å²) in [5.74, 6) is -0.123. The van der Waals surface area contributed by atoms with Crippen molar-refractivity contribution in [1.82, 2.24) is 4.90 Å². The SMILES string of the molecule is O=C1Cc2ccc(C(=O)N3CC[C@@H](O)C3)cc2N1. The third-order valence-corrected chi connectivity index (χ3v) is 3.43. The summed E-state index contributed by atoms with van der Waals surface area (Å²) >= 11 is 0. The predicted molar refractivity (Wildman–Crippen MR) is 65.3 cm³/mol. The van der Waals surface area contributed by atoms with Gasteiger partial charge < -0.3 is 15.3 Å². The number of carbonyl (C=O) groups excluding carboxylic acids is 2. The molecule has 0 unspecified atom stereocenters. The second-order valence-electron chi connectivity index (χ2n) is 4.79. The maximum atomic E-state index is 12.2. The third-order valence-electron chi connectivity index (χ3n) is 3.43. The zero-order valence-electron chi connectivity index (χ0n) is 9.85. The number of nitrogens with zero attached hydrogens (tertiary/aromatic N) is 1. The van der Waals surface area contributed by atoms with E-state index in [9.17, 15) is 14.7 Å². The lowest BCUT2D eigenvalue weighted by Gasteiger charge is -2.15. The zero-order valence-corrected chi connectivity index (χ0v) is 9.85. The monoisotopic (exact) mass is 246 g/mol.